The third-order valence-corrected chi connectivity index (χ3v) is 3.52. The van der Waals surface area contributed by atoms with E-state index < -0.39 is 5.54 Å². The minimum absolute atomic E-state index is 0.225. The maximum absolute atomic E-state index is 9.42. The summed E-state index contributed by atoms with van der Waals surface area (Å²) in [6, 6.07) is 1.58. The summed E-state index contributed by atoms with van der Waals surface area (Å²) in [5.74, 6) is 0.893. The Labute approximate surface area is 123 Å². The molecule has 0 saturated heterocycles. The second-order valence-corrected chi connectivity index (χ2v) is 5.07. The summed E-state index contributed by atoms with van der Waals surface area (Å²) in [7, 11) is 0. The van der Waals surface area contributed by atoms with E-state index in [1.165, 1.54) is 0 Å². The van der Waals surface area contributed by atoms with Crippen molar-refractivity contribution in [3.63, 3.8) is 0 Å². The number of hydrogen-bond donors (Lipinski definition) is 4. The van der Waals surface area contributed by atoms with E-state index in [-0.39, 0.29) is 13.2 Å². The summed E-state index contributed by atoms with van der Waals surface area (Å²) >= 11 is 12.1. The van der Waals surface area contributed by atoms with Crippen LogP contribution < -0.4 is 10.6 Å². The van der Waals surface area contributed by atoms with E-state index in [2.05, 4.69) is 15.6 Å². The van der Waals surface area contributed by atoms with Crippen molar-refractivity contribution in [1.29, 1.82) is 0 Å². The smallest absolute Gasteiger partial charge is 0.147 e. The molecule has 4 N–H and O–H groups in total. The summed E-state index contributed by atoms with van der Waals surface area (Å²) in [6.07, 6.45) is 0.525. The molecule has 0 amide bonds. The molecule has 0 aliphatic heterocycles. The average molecular weight is 308 g/mol. The molecule has 1 heterocycles. The number of halogens is 2. The molecule has 0 aromatic carbocycles. The van der Waals surface area contributed by atoms with Gasteiger partial charge in [-0.25, -0.2) is 4.98 Å². The minimum Gasteiger partial charge on any atom is -0.394 e. The zero-order chi connectivity index (χ0) is 14.5. The molecule has 19 heavy (non-hydrogen) atoms. The molecule has 0 atom stereocenters. The number of hydrogen-bond acceptors (Lipinski definition) is 5. The van der Waals surface area contributed by atoms with Crippen molar-refractivity contribution >= 4 is 34.8 Å². The van der Waals surface area contributed by atoms with Gasteiger partial charge in [0.1, 0.15) is 11.6 Å². The molecule has 0 aliphatic rings. The Balaban J connectivity index is 3.09. The largest absolute Gasteiger partial charge is 0.394 e. The fourth-order valence-electron chi connectivity index (χ4n) is 1.54. The highest BCUT2D eigenvalue weighted by Gasteiger charge is 2.28. The van der Waals surface area contributed by atoms with Gasteiger partial charge in [0.15, 0.2) is 0 Å². The van der Waals surface area contributed by atoms with Gasteiger partial charge in [0, 0.05) is 6.54 Å². The summed E-state index contributed by atoms with van der Waals surface area (Å²) in [6.45, 7) is 4.01. The first-order valence-electron chi connectivity index (χ1n) is 6.11. The van der Waals surface area contributed by atoms with Gasteiger partial charge in [0.2, 0.25) is 0 Å². The first-order chi connectivity index (χ1) is 9.01. The molecule has 7 heteroatoms. The number of aliphatic hydroxyl groups is 2. The van der Waals surface area contributed by atoms with Crippen molar-refractivity contribution in [2.75, 3.05) is 30.4 Å². The monoisotopic (exact) mass is 307 g/mol. The van der Waals surface area contributed by atoms with Crippen LogP contribution in [0.3, 0.4) is 0 Å². The zero-order valence-corrected chi connectivity index (χ0v) is 12.5. The van der Waals surface area contributed by atoms with Gasteiger partial charge in [0.05, 0.1) is 28.8 Å². The topological polar surface area (TPSA) is 77.4 Å². The number of nitrogens with zero attached hydrogens (tertiary/aromatic N) is 1. The molecule has 0 unspecified atom stereocenters. The van der Waals surface area contributed by atoms with E-state index in [0.717, 1.165) is 0 Å². The van der Waals surface area contributed by atoms with Gasteiger partial charge >= 0.3 is 0 Å². The van der Waals surface area contributed by atoms with Crippen LogP contribution in [0.2, 0.25) is 10.0 Å². The van der Waals surface area contributed by atoms with Crippen LogP contribution in [-0.2, 0) is 0 Å². The highest BCUT2D eigenvalue weighted by atomic mass is 35.5. The van der Waals surface area contributed by atoms with Crippen LogP contribution in [0.1, 0.15) is 20.3 Å². The van der Waals surface area contributed by atoms with Crippen molar-refractivity contribution in [2.45, 2.75) is 25.8 Å². The normalized spacial score (nSPS) is 11.5. The van der Waals surface area contributed by atoms with E-state index in [9.17, 15) is 10.2 Å². The fraction of sp³-hybridized carbons (Fsp3) is 0.583. The molecule has 0 radical (unpaired) electrons. The molecule has 5 nitrogen and oxygen atoms in total. The van der Waals surface area contributed by atoms with Gasteiger partial charge in [-0.2, -0.15) is 0 Å². The van der Waals surface area contributed by atoms with Gasteiger partial charge in [0.25, 0.3) is 0 Å². The third kappa shape index (κ3) is 3.86. The highest BCUT2D eigenvalue weighted by Crippen LogP contribution is 2.31. The van der Waals surface area contributed by atoms with Crippen molar-refractivity contribution < 1.29 is 10.2 Å². The average Bonchev–Trinajstić information content (AvgIpc) is 2.41. The number of nitrogens with one attached hydrogen (secondary N) is 2. The molecule has 0 aliphatic carbocycles. The Kier molecular flexibility index (Phi) is 6.13. The summed E-state index contributed by atoms with van der Waals surface area (Å²) in [5, 5.41) is 25.6. The fourth-order valence-corrected chi connectivity index (χ4v) is 2.01. The Morgan fingerprint density at radius 2 is 1.74 bits per heavy atom. The maximum Gasteiger partial charge on any atom is 0.147 e. The van der Waals surface area contributed by atoms with Gasteiger partial charge < -0.3 is 20.8 Å². The van der Waals surface area contributed by atoms with Gasteiger partial charge in [-0.15, -0.1) is 0 Å². The Bertz CT molecular complexity index is 417. The second-order valence-electron chi connectivity index (χ2n) is 4.25. The lowest BCUT2D eigenvalue weighted by Gasteiger charge is -2.30. The molecule has 108 valence electrons. The van der Waals surface area contributed by atoms with Crippen molar-refractivity contribution in [3.8, 4) is 0 Å². The molecular weight excluding hydrogens is 289 g/mol. The standard InChI is InChI=1S/C12H19Cl2N3O2/c1-3-12(6-18,7-19)17-11-9(14)5-8(13)10(16-11)15-4-2/h5,18-19H,3-4,6-7H2,1-2H3,(H2,15,16,17). The lowest BCUT2D eigenvalue weighted by atomic mass is 9.98. The molecule has 0 fully saturated rings. The Morgan fingerprint density at radius 3 is 2.21 bits per heavy atom. The predicted octanol–water partition coefficient (Wildman–Crippen LogP) is 2.37. The molecule has 1 aromatic rings. The first-order valence-corrected chi connectivity index (χ1v) is 6.87. The lowest BCUT2D eigenvalue weighted by molar-refractivity contribution is 0.132. The van der Waals surface area contributed by atoms with Crippen LogP contribution in [0.15, 0.2) is 6.07 Å². The number of aromatic nitrogens is 1. The third-order valence-electron chi connectivity index (χ3n) is 2.94. The molecule has 0 saturated carbocycles. The first kappa shape index (κ1) is 16.3. The summed E-state index contributed by atoms with van der Waals surface area (Å²) < 4.78 is 0. The van der Waals surface area contributed by atoms with Crippen LogP contribution in [0, 0.1) is 0 Å². The van der Waals surface area contributed by atoms with E-state index in [0.29, 0.717) is 34.6 Å². The molecule has 1 aromatic heterocycles. The van der Waals surface area contributed by atoms with E-state index in [1.807, 2.05) is 13.8 Å². The van der Waals surface area contributed by atoms with Crippen LogP contribution in [0.25, 0.3) is 0 Å². The molecule has 0 bridgehead atoms. The molecular formula is C12H19Cl2N3O2. The van der Waals surface area contributed by atoms with Gasteiger partial charge in [-0.05, 0) is 19.4 Å². The number of aliphatic hydroxyl groups excluding tert-OH is 2. The Morgan fingerprint density at radius 1 is 1.16 bits per heavy atom. The SMILES string of the molecule is CCNc1nc(NC(CC)(CO)CO)c(Cl)cc1Cl. The van der Waals surface area contributed by atoms with Crippen molar-refractivity contribution in [1.82, 2.24) is 4.98 Å². The van der Waals surface area contributed by atoms with Crippen LogP contribution in [0.4, 0.5) is 11.6 Å². The number of pyridine rings is 1. The second kappa shape index (κ2) is 7.14. The van der Waals surface area contributed by atoms with Crippen molar-refractivity contribution in [2.24, 2.45) is 0 Å². The van der Waals surface area contributed by atoms with Gasteiger partial charge in [-0.3, -0.25) is 0 Å². The molecule has 1 rings (SSSR count). The van der Waals surface area contributed by atoms with Crippen molar-refractivity contribution in [3.05, 3.63) is 16.1 Å². The highest BCUT2D eigenvalue weighted by molar-refractivity contribution is 6.37. The van der Waals surface area contributed by atoms with Crippen LogP contribution in [-0.4, -0.2) is 40.5 Å². The zero-order valence-electron chi connectivity index (χ0n) is 11.0. The van der Waals surface area contributed by atoms with Gasteiger partial charge in [-0.1, -0.05) is 30.1 Å². The van der Waals surface area contributed by atoms with Crippen LogP contribution in [0.5, 0.6) is 0 Å². The number of anilines is 2. The Hall–Kier alpha value is -0.750. The van der Waals surface area contributed by atoms with E-state index in [1.54, 1.807) is 6.07 Å². The quantitative estimate of drug-likeness (QED) is 0.622. The van der Waals surface area contributed by atoms with Crippen LogP contribution >= 0.6 is 23.2 Å². The van der Waals surface area contributed by atoms with E-state index >= 15 is 0 Å². The predicted molar refractivity (Wildman–Crippen MR) is 79.2 cm³/mol. The summed E-state index contributed by atoms with van der Waals surface area (Å²) in [5.41, 5.74) is -0.853. The van der Waals surface area contributed by atoms with E-state index in [4.69, 9.17) is 23.2 Å². The molecule has 0 spiro atoms. The number of rotatable bonds is 7. The lowest BCUT2D eigenvalue weighted by Crippen LogP contribution is -2.45. The maximum atomic E-state index is 9.42. The summed E-state index contributed by atoms with van der Waals surface area (Å²) in [4.78, 5) is 4.28. The minimum atomic E-state index is -0.853.